The van der Waals surface area contributed by atoms with Crippen molar-refractivity contribution in [1.82, 2.24) is 5.48 Å². The molecule has 1 aliphatic carbocycles. The molecule has 0 spiro atoms. The van der Waals surface area contributed by atoms with Crippen LogP contribution in [-0.4, -0.2) is 13.0 Å². The van der Waals surface area contributed by atoms with Crippen molar-refractivity contribution in [2.24, 2.45) is 0 Å². The Kier molecular flexibility index (Phi) is 3.37. The summed E-state index contributed by atoms with van der Waals surface area (Å²) in [6.07, 6.45) is 7.57. The molecule has 0 bridgehead atoms. The van der Waals surface area contributed by atoms with E-state index in [1.807, 2.05) is 18.2 Å². The summed E-state index contributed by atoms with van der Waals surface area (Å²) in [6.45, 7) is 0. The first-order valence-electron chi connectivity index (χ1n) is 5.44. The second-order valence-electron chi connectivity index (χ2n) is 3.84. The Balaban J connectivity index is 2.28. The van der Waals surface area contributed by atoms with Gasteiger partial charge in [-0.3, -0.25) is 9.63 Å². The van der Waals surface area contributed by atoms with Crippen LogP contribution in [0.5, 0.6) is 0 Å². The molecule has 3 heteroatoms. The van der Waals surface area contributed by atoms with E-state index in [4.69, 9.17) is 0 Å². The van der Waals surface area contributed by atoms with E-state index in [-0.39, 0.29) is 5.91 Å². The highest BCUT2D eigenvalue weighted by atomic mass is 16.6. The van der Waals surface area contributed by atoms with Crippen molar-refractivity contribution in [2.75, 3.05) is 7.11 Å². The van der Waals surface area contributed by atoms with Crippen LogP contribution < -0.4 is 5.48 Å². The third kappa shape index (κ3) is 2.31. The van der Waals surface area contributed by atoms with E-state index in [2.05, 4.69) is 22.5 Å². The quantitative estimate of drug-likeness (QED) is 0.772. The van der Waals surface area contributed by atoms with E-state index in [9.17, 15) is 4.79 Å². The maximum absolute atomic E-state index is 11.6. The van der Waals surface area contributed by atoms with Crippen LogP contribution in [0, 0.1) is 0 Å². The summed E-state index contributed by atoms with van der Waals surface area (Å²) in [7, 11) is 1.43. The molecule has 0 unspecified atom stereocenters. The van der Waals surface area contributed by atoms with Gasteiger partial charge in [-0.05, 0) is 42.5 Å². The van der Waals surface area contributed by atoms with Crippen molar-refractivity contribution in [1.29, 1.82) is 0 Å². The molecule has 0 radical (unpaired) electrons. The van der Waals surface area contributed by atoms with Crippen molar-refractivity contribution < 1.29 is 9.63 Å². The number of hydrogen-bond acceptors (Lipinski definition) is 2. The molecule has 0 saturated heterocycles. The molecule has 0 fully saturated rings. The van der Waals surface area contributed by atoms with Gasteiger partial charge < -0.3 is 0 Å². The molecule has 0 aromatic heterocycles. The summed E-state index contributed by atoms with van der Waals surface area (Å²) < 4.78 is 0. The molecule has 84 valence electrons. The lowest BCUT2D eigenvalue weighted by Gasteiger charge is -2.07. The number of amides is 1. The number of carbonyl (C=O) groups is 1. The topological polar surface area (TPSA) is 38.3 Å². The third-order valence-electron chi connectivity index (χ3n) is 2.71. The summed E-state index contributed by atoms with van der Waals surface area (Å²) in [4.78, 5) is 16.2. The monoisotopic (exact) mass is 217 g/mol. The second kappa shape index (κ2) is 4.94. The van der Waals surface area contributed by atoms with E-state index < -0.39 is 0 Å². The van der Waals surface area contributed by atoms with Gasteiger partial charge in [-0.25, -0.2) is 5.48 Å². The van der Waals surface area contributed by atoms with Crippen LogP contribution in [0.2, 0.25) is 0 Å². The van der Waals surface area contributed by atoms with Gasteiger partial charge in [-0.2, -0.15) is 0 Å². The minimum Gasteiger partial charge on any atom is -0.277 e. The molecule has 1 N–H and O–H groups in total. The molecule has 1 aromatic rings. The van der Waals surface area contributed by atoms with Crippen LogP contribution >= 0.6 is 0 Å². The van der Waals surface area contributed by atoms with E-state index in [0.717, 1.165) is 19.3 Å². The summed E-state index contributed by atoms with van der Waals surface area (Å²) in [5, 5.41) is 0. The number of allylic oxidation sites excluding steroid dienone is 1. The lowest BCUT2D eigenvalue weighted by atomic mass is 10.0. The van der Waals surface area contributed by atoms with Crippen molar-refractivity contribution in [3.05, 3.63) is 41.0 Å². The van der Waals surface area contributed by atoms with Crippen molar-refractivity contribution in [2.45, 2.75) is 19.3 Å². The first-order chi connectivity index (χ1) is 7.81. The normalized spacial score (nSPS) is 14.1. The standard InChI is InChI=1S/C13H15NO2/c1-16-14-13(15)12-8-7-10-5-3-2-4-6-11(10)9-12/h3,5,7-9H,2,4,6H2,1H3,(H,14,15). The van der Waals surface area contributed by atoms with E-state index >= 15 is 0 Å². The van der Waals surface area contributed by atoms with Gasteiger partial charge in [0.15, 0.2) is 0 Å². The fourth-order valence-electron chi connectivity index (χ4n) is 1.90. The Morgan fingerprint density at radius 1 is 1.44 bits per heavy atom. The molecule has 3 nitrogen and oxygen atoms in total. The van der Waals surface area contributed by atoms with Crippen LogP contribution in [0.4, 0.5) is 0 Å². The number of hydrogen-bond donors (Lipinski definition) is 1. The zero-order chi connectivity index (χ0) is 11.4. The highest BCUT2D eigenvalue weighted by Gasteiger charge is 2.09. The fraction of sp³-hybridized carbons (Fsp3) is 0.308. The van der Waals surface area contributed by atoms with Crippen molar-refractivity contribution >= 4 is 12.0 Å². The van der Waals surface area contributed by atoms with Gasteiger partial charge in [0.1, 0.15) is 0 Å². The van der Waals surface area contributed by atoms with Crippen LogP contribution in [0.3, 0.4) is 0 Å². The molecule has 1 amide bonds. The average Bonchev–Trinajstić information content (AvgIpc) is 2.53. The predicted molar refractivity (Wildman–Crippen MR) is 62.9 cm³/mol. The van der Waals surface area contributed by atoms with Crippen LogP contribution in [0.15, 0.2) is 24.3 Å². The van der Waals surface area contributed by atoms with Gasteiger partial charge in [-0.1, -0.05) is 18.2 Å². The molecule has 1 aliphatic rings. The summed E-state index contributed by atoms with van der Waals surface area (Å²) >= 11 is 0. The Morgan fingerprint density at radius 3 is 3.12 bits per heavy atom. The molecule has 1 aromatic carbocycles. The van der Waals surface area contributed by atoms with Crippen molar-refractivity contribution in [3.63, 3.8) is 0 Å². The Labute approximate surface area is 95.1 Å². The first-order valence-corrected chi connectivity index (χ1v) is 5.44. The number of benzene rings is 1. The largest absolute Gasteiger partial charge is 0.277 e. The summed E-state index contributed by atoms with van der Waals surface area (Å²) in [5.74, 6) is -0.196. The smallest absolute Gasteiger partial charge is 0.274 e. The third-order valence-corrected chi connectivity index (χ3v) is 2.71. The average molecular weight is 217 g/mol. The van der Waals surface area contributed by atoms with Crippen LogP contribution in [0.1, 0.15) is 34.3 Å². The van der Waals surface area contributed by atoms with Crippen LogP contribution in [0.25, 0.3) is 6.08 Å². The van der Waals surface area contributed by atoms with Gasteiger partial charge in [0.25, 0.3) is 5.91 Å². The number of hydroxylamine groups is 1. The maximum atomic E-state index is 11.6. The Hall–Kier alpha value is -1.61. The molecule has 16 heavy (non-hydrogen) atoms. The molecular formula is C13H15NO2. The zero-order valence-corrected chi connectivity index (χ0v) is 9.32. The Bertz CT molecular complexity index is 424. The number of fused-ring (bicyclic) bond motifs is 1. The SMILES string of the molecule is CONC(=O)c1ccc2c(c1)CCCC=C2. The summed E-state index contributed by atoms with van der Waals surface area (Å²) in [6, 6.07) is 5.75. The highest BCUT2D eigenvalue weighted by molar-refractivity contribution is 5.94. The molecule has 2 rings (SSSR count). The maximum Gasteiger partial charge on any atom is 0.274 e. The van der Waals surface area contributed by atoms with E-state index in [1.54, 1.807) is 0 Å². The Morgan fingerprint density at radius 2 is 2.31 bits per heavy atom. The second-order valence-corrected chi connectivity index (χ2v) is 3.84. The van der Waals surface area contributed by atoms with Gasteiger partial charge >= 0.3 is 0 Å². The number of rotatable bonds is 2. The number of aryl methyl sites for hydroxylation is 1. The van der Waals surface area contributed by atoms with Gasteiger partial charge in [0, 0.05) is 5.56 Å². The highest BCUT2D eigenvalue weighted by Crippen LogP contribution is 2.20. The molecule has 0 heterocycles. The minimum atomic E-state index is -0.196. The first kappa shape index (κ1) is 10.9. The lowest BCUT2D eigenvalue weighted by molar-refractivity contribution is 0.0537. The molecule has 0 aliphatic heterocycles. The number of nitrogens with one attached hydrogen (secondary N) is 1. The summed E-state index contributed by atoms with van der Waals surface area (Å²) in [5.41, 5.74) is 5.42. The van der Waals surface area contributed by atoms with Gasteiger partial charge in [-0.15, -0.1) is 0 Å². The lowest BCUT2D eigenvalue weighted by Crippen LogP contribution is -2.21. The van der Waals surface area contributed by atoms with Crippen LogP contribution in [-0.2, 0) is 11.3 Å². The van der Waals surface area contributed by atoms with Gasteiger partial charge in [0.2, 0.25) is 0 Å². The van der Waals surface area contributed by atoms with Gasteiger partial charge in [0.05, 0.1) is 7.11 Å². The van der Waals surface area contributed by atoms with E-state index in [1.165, 1.54) is 18.2 Å². The predicted octanol–water partition coefficient (Wildman–Crippen LogP) is 2.33. The minimum absolute atomic E-state index is 0.196. The number of carbonyl (C=O) groups excluding carboxylic acids is 1. The van der Waals surface area contributed by atoms with Crippen molar-refractivity contribution in [3.8, 4) is 0 Å². The molecular weight excluding hydrogens is 202 g/mol. The van der Waals surface area contributed by atoms with E-state index in [0.29, 0.717) is 5.56 Å². The molecule has 0 atom stereocenters. The fourth-order valence-corrected chi connectivity index (χ4v) is 1.90. The zero-order valence-electron chi connectivity index (χ0n) is 9.32. The molecule has 0 saturated carbocycles.